The quantitative estimate of drug-likeness (QED) is 0.340. The topological polar surface area (TPSA) is 42.0 Å². The molecule has 0 unspecified atom stereocenters. The Morgan fingerprint density at radius 2 is 1.74 bits per heavy atom. The maximum absolute atomic E-state index is 13.3. The highest BCUT2D eigenvalue weighted by molar-refractivity contribution is 7.98. The first-order chi connectivity index (χ1) is 15.2. The van der Waals surface area contributed by atoms with E-state index < -0.39 is 0 Å². The van der Waals surface area contributed by atoms with Gasteiger partial charge in [0.2, 0.25) is 0 Å². The van der Waals surface area contributed by atoms with E-state index in [1.54, 1.807) is 18.0 Å². The zero-order valence-electron chi connectivity index (χ0n) is 17.6. The molecule has 0 spiro atoms. The Morgan fingerprint density at radius 1 is 0.903 bits per heavy atom. The van der Waals surface area contributed by atoms with Crippen LogP contribution in [0.3, 0.4) is 0 Å². The summed E-state index contributed by atoms with van der Waals surface area (Å²) < 4.78 is 0. The first-order valence-corrected chi connectivity index (χ1v) is 11.5. The molecular formula is C27H24N2OS. The highest BCUT2D eigenvalue weighted by Gasteiger charge is 2.15. The van der Waals surface area contributed by atoms with Crippen molar-refractivity contribution in [2.75, 3.05) is 11.6 Å². The summed E-state index contributed by atoms with van der Waals surface area (Å²) in [6.45, 7) is 2.14. The van der Waals surface area contributed by atoms with Gasteiger partial charge in [-0.15, -0.1) is 11.8 Å². The Hall–Kier alpha value is -3.37. The second-order valence-corrected chi connectivity index (χ2v) is 8.10. The molecule has 0 aliphatic heterocycles. The maximum Gasteiger partial charge on any atom is 0.256 e. The summed E-state index contributed by atoms with van der Waals surface area (Å²) in [5.41, 5.74) is 6.50. The van der Waals surface area contributed by atoms with Crippen molar-refractivity contribution in [3.63, 3.8) is 0 Å². The fourth-order valence-electron chi connectivity index (χ4n) is 3.53. The van der Waals surface area contributed by atoms with Gasteiger partial charge in [-0.25, -0.2) is 0 Å². The number of amides is 1. The third-order valence-electron chi connectivity index (χ3n) is 5.20. The average molecular weight is 425 g/mol. The Morgan fingerprint density at radius 3 is 2.52 bits per heavy atom. The minimum Gasteiger partial charge on any atom is -0.322 e. The largest absolute Gasteiger partial charge is 0.322 e. The lowest BCUT2D eigenvalue weighted by Gasteiger charge is -2.13. The Labute approximate surface area is 187 Å². The monoisotopic (exact) mass is 424 g/mol. The zero-order valence-corrected chi connectivity index (χ0v) is 18.4. The van der Waals surface area contributed by atoms with Crippen LogP contribution in [0.4, 0.5) is 5.69 Å². The van der Waals surface area contributed by atoms with E-state index in [9.17, 15) is 4.79 Å². The summed E-state index contributed by atoms with van der Waals surface area (Å²) in [6.07, 6.45) is 4.77. The number of pyridine rings is 1. The van der Waals surface area contributed by atoms with Crippen LogP contribution in [0.1, 0.15) is 22.8 Å². The highest BCUT2D eigenvalue weighted by atomic mass is 32.2. The van der Waals surface area contributed by atoms with Gasteiger partial charge in [0, 0.05) is 27.9 Å². The molecule has 3 aromatic carbocycles. The maximum atomic E-state index is 13.3. The van der Waals surface area contributed by atoms with E-state index in [0.717, 1.165) is 39.4 Å². The Balaban J connectivity index is 1.68. The van der Waals surface area contributed by atoms with Gasteiger partial charge in [-0.1, -0.05) is 49.4 Å². The van der Waals surface area contributed by atoms with Crippen LogP contribution in [0.5, 0.6) is 0 Å². The average Bonchev–Trinajstić information content (AvgIpc) is 2.84. The van der Waals surface area contributed by atoms with Gasteiger partial charge in [0.1, 0.15) is 0 Å². The lowest BCUT2D eigenvalue weighted by Crippen LogP contribution is -2.13. The number of nitrogens with zero attached hydrogens (tertiary/aromatic N) is 1. The lowest BCUT2D eigenvalue weighted by molar-refractivity contribution is 0.102. The highest BCUT2D eigenvalue weighted by Crippen LogP contribution is 2.30. The minimum absolute atomic E-state index is 0.122. The van der Waals surface area contributed by atoms with Crippen molar-refractivity contribution in [1.82, 2.24) is 4.98 Å². The molecule has 4 aromatic rings. The number of anilines is 1. The normalized spacial score (nSPS) is 10.6. The first-order valence-electron chi connectivity index (χ1n) is 10.3. The molecule has 0 saturated heterocycles. The Kier molecular flexibility index (Phi) is 6.48. The van der Waals surface area contributed by atoms with E-state index in [1.807, 2.05) is 60.9 Å². The molecule has 1 heterocycles. The van der Waals surface area contributed by atoms with Gasteiger partial charge < -0.3 is 5.32 Å². The van der Waals surface area contributed by atoms with E-state index in [4.69, 9.17) is 0 Å². The number of aryl methyl sites for hydroxylation is 1. The summed E-state index contributed by atoms with van der Waals surface area (Å²) in [4.78, 5) is 18.8. The van der Waals surface area contributed by atoms with E-state index >= 15 is 0 Å². The van der Waals surface area contributed by atoms with Crippen LogP contribution in [0.15, 0.2) is 96.0 Å². The van der Waals surface area contributed by atoms with Gasteiger partial charge in [-0.3, -0.25) is 9.78 Å². The molecule has 0 bridgehead atoms. The summed E-state index contributed by atoms with van der Waals surface area (Å²) in [5.74, 6) is -0.122. The summed E-state index contributed by atoms with van der Waals surface area (Å²) in [7, 11) is 0. The molecule has 1 aromatic heterocycles. The van der Waals surface area contributed by atoms with Crippen molar-refractivity contribution in [3.8, 4) is 22.4 Å². The molecule has 0 aliphatic carbocycles. The predicted octanol–water partition coefficient (Wildman–Crippen LogP) is 6.95. The smallest absolute Gasteiger partial charge is 0.256 e. The molecule has 3 nitrogen and oxygen atoms in total. The fraction of sp³-hybridized carbons (Fsp3) is 0.111. The molecular weight excluding hydrogens is 400 g/mol. The number of hydrogen-bond donors (Lipinski definition) is 1. The molecule has 4 rings (SSSR count). The number of aromatic nitrogens is 1. The third-order valence-corrected chi connectivity index (χ3v) is 5.92. The van der Waals surface area contributed by atoms with Crippen LogP contribution >= 0.6 is 11.8 Å². The fourth-order valence-corrected chi connectivity index (χ4v) is 3.97. The SMILES string of the molecule is CCc1cccc(-c2cc(SC)ccc2C(=O)Nc2cccc(-c3ccccn3)c2)c1. The molecule has 1 N–H and O–H groups in total. The van der Waals surface area contributed by atoms with E-state index in [0.29, 0.717) is 5.56 Å². The van der Waals surface area contributed by atoms with Crippen molar-refractivity contribution in [2.24, 2.45) is 0 Å². The number of carbonyl (C=O) groups is 1. The summed E-state index contributed by atoms with van der Waals surface area (Å²) in [5, 5.41) is 3.07. The number of carbonyl (C=O) groups excluding carboxylic acids is 1. The van der Waals surface area contributed by atoms with Gasteiger partial charge in [0.15, 0.2) is 0 Å². The van der Waals surface area contributed by atoms with Crippen LogP contribution in [0.2, 0.25) is 0 Å². The number of rotatable bonds is 6. The second kappa shape index (κ2) is 9.63. The van der Waals surface area contributed by atoms with Crippen molar-refractivity contribution in [2.45, 2.75) is 18.2 Å². The van der Waals surface area contributed by atoms with Crippen LogP contribution < -0.4 is 5.32 Å². The van der Waals surface area contributed by atoms with Gasteiger partial charge >= 0.3 is 0 Å². The summed E-state index contributed by atoms with van der Waals surface area (Å²) in [6, 6.07) is 28.0. The summed E-state index contributed by atoms with van der Waals surface area (Å²) >= 11 is 1.67. The van der Waals surface area contributed by atoms with Crippen molar-refractivity contribution < 1.29 is 4.79 Å². The molecule has 0 saturated carbocycles. The van der Waals surface area contributed by atoms with Gasteiger partial charge in [-0.2, -0.15) is 0 Å². The van der Waals surface area contributed by atoms with E-state index in [-0.39, 0.29) is 5.91 Å². The molecule has 154 valence electrons. The number of hydrogen-bond acceptors (Lipinski definition) is 3. The van der Waals surface area contributed by atoms with Crippen LogP contribution in [0, 0.1) is 0 Å². The lowest BCUT2D eigenvalue weighted by atomic mass is 9.97. The number of benzene rings is 3. The predicted molar refractivity (Wildman–Crippen MR) is 131 cm³/mol. The minimum atomic E-state index is -0.122. The molecule has 0 radical (unpaired) electrons. The number of nitrogens with one attached hydrogen (secondary N) is 1. The van der Waals surface area contributed by atoms with Crippen molar-refractivity contribution in [3.05, 3.63) is 102 Å². The molecule has 1 amide bonds. The van der Waals surface area contributed by atoms with Crippen LogP contribution in [-0.4, -0.2) is 17.1 Å². The Bertz CT molecular complexity index is 1200. The molecule has 0 fully saturated rings. The van der Waals surface area contributed by atoms with E-state index in [1.165, 1.54) is 5.56 Å². The molecule has 0 aliphatic rings. The molecule has 31 heavy (non-hydrogen) atoms. The van der Waals surface area contributed by atoms with Crippen molar-refractivity contribution in [1.29, 1.82) is 0 Å². The zero-order chi connectivity index (χ0) is 21.6. The van der Waals surface area contributed by atoms with Gasteiger partial charge in [0.05, 0.1) is 5.69 Å². The van der Waals surface area contributed by atoms with Gasteiger partial charge in [0.25, 0.3) is 5.91 Å². The van der Waals surface area contributed by atoms with Crippen LogP contribution in [0.25, 0.3) is 22.4 Å². The van der Waals surface area contributed by atoms with Crippen molar-refractivity contribution >= 4 is 23.4 Å². The number of thioether (sulfide) groups is 1. The van der Waals surface area contributed by atoms with Crippen LogP contribution in [-0.2, 0) is 6.42 Å². The second-order valence-electron chi connectivity index (χ2n) is 7.22. The third kappa shape index (κ3) is 4.86. The first kappa shape index (κ1) is 20.9. The molecule has 4 heteroatoms. The standard InChI is InChI=1S/C27H24N2OS/c1-3-19-8-6-9-20(16-19)25-18-23(31-2)13-14-24(25)27(30)29-22-11-7-10-21(17-22)26-12-4-5-15-28-26/h4-18H,3H2,1-2H3,(H,29,30). The van der Waals surface area contributed by atoms with Gasteiger partial charge in [-0.05, 0) is 71.8 Å². The molecule has 0 atom stereocenters. The van der Waals surface area contributed by atoms with E-state index in [2.05, 4.69) is 47.6 Å².